The van der Waals surface area contributed by atoms with E-state index < -0.39 is 11.5 Å². The summed E-state index contributed by atoms with van der Waals surface area (Å²) in [5.41, 5.74) is 0.516. The molecule has 1 rings (SSSR count). The zero-order valence-electron chi connectivity index (χ0n) is 13.1. The second-order valence-corrected chi connectivity index (χ2v) is 6.65. The van der Waals surface area contributed by atoms with E-state index in [0.29, 0.717) is 19.3 Å². The fraction of sp³-hybridized carbons (Fsp3) is 0.500. The largest absolute Gasteiger partial charge is 0.496 e. The number of methoxy groups -OCH3 is 1. The van der Waals surface area contributed by atoms with Gasteiger partial charge in [0.1, 0.15) is 5.75 Å². The number of ether oxygens (including phenoxy) is 1. The molecule has 0 aromatic heterocycles. The number of aryl methyl sites for hydroxylation is 1. The SMILES string of the molecule is COc1ccc(CCC(=O)NC(C)(C)CCC(=O)O)cc1Br. The molecule has 0 saturated heterocycles. The lowest BCUT2D eigenvalue weighted by molar-refractivity contribution is -0.137. The van der Waals surface area contributed by atoms with Crippen molar-refractivity contribution < 1.29 is 19.4 Å². The summed E-state index contributed by atoms with van der Waals surface area (Å²) < 4.78 is 6.02. The van der Waals surface area contributed by atoms with Crippen LogP contribution in [0, 0.1) is 0 Å². The Morgan fingerprint density at radius 1 is 1.32 bits per heavy atom. The molecule has 2 N–H and O–H groups in total. The summed E-state index contributed by atoms with van der Waals surface area (Å²) in [5.74, 6) is -0.184. The lowest BCUT2D eigenvalue weighted by atomic mass is 9.98. The molecule has 1 aromatic rings. The van der Waals surface area contributed by atoms with E-state index in [2.05, 4.69) is 21.2 Å². The number of carboxylic acids is 1. The lowest BCUT2D eigenvalue weighted by Crippen LogP contribution is -2.43. The minimum Gasteiger partial charge on any atom is -0.496 e. The first kappa shape index (κ1) is 18.5. The first-order valence-electron chi connectivity index (χ1n) is 7.09. The molecule has 5 nitrogen and oxygen atoms in total. The van der Waals surface area contributed by atoms with E-state index >= 15 is 0 Å². The number of benzene rings is 1. The zero-order valence-corrected chi connectivity index (χ0v) is 14.7. The van der Waals surface area contributed by atoms with Gasteiger partial charge in [0.15, 0.2) is 0 Å². The van der Waals surface area contributed by atoms with Crippen LogP contribution < -0.4 is 10.1 Å². The molecule has 0 aliphatic carbocycles. The molecule has 0 bridgehead atoms. The van der Waals surface area contributed by atoms with Crippen LogP contribution in [0.2, 0.25) is 0 Å². The number of nitrogens with one attached hydrogen (secondary N) is 1. The number of hydrogen-bond donors (Lipinski definition) is 2. The first-order chi connectivity index (χ1) is 10.2. The maximum atomic E-state index is 12.0. The summed E-state index contributed by atoms with van der Waals surface area (Å²) in [6, 6.07) is 5.71. The van der Waals surface area contributed by atoms with Gasteiger partial charge in [-0.05, 0) is 60.3 Å². The van der Waals surface area contributed by atoms with Gasteiger partial charge in [0.2, 0.25) is 5.91 Å². The monoisotopic (exact) mass is 371 g/mol. The third kappa shape index (κ3) is 6.47. The van der Waals surface area contributed by atoms with Gasteiger partial charge in [-0.15, -0.1) is 0 Å². The van der Waals surface area contributed by atoms with E-state index in [9.17, 15) is 9.59 Å². The van der Waals surface area contributed by atoms with Crippen molar-refractivity contribution in [3.05, 3.63) is 28.2 Å². The normalized spacial score (nSPS) is 11.1. The third-order valence-electron chi connectivity index (χ3n) is 3.30. The molecular weight excluding hydrogens is 350 g/mol. The van der Waals surface area contributed by atoms with Crippen LogP contribution in [0.5, 0.6) is 5.75 Å². The molecule has 0 fully saturated rings. The molecule has 0 aliphatic heterocycles. The van der Waals surface area contributed by atoms with Crippen LogP contribution in [0.4, 0.5) is 0 Å². The number of carbonyl (C=O) groups excluding carboxylic acids is 1. The maximum Gasteiger partial charge on any atom is 0.303 e. The molecule has 0 heterocycles. The van der Waals surface area contributed by atoms with Crippen molar-refractivity contribution in [1.29, 1.82) is 0 Å². The molecule has 0 saturated carbocycles. The average molecular weight is 372 g/mol. The summed E-state index contributed by atoms with van der Waals surface area (Å²) in [5, 5.41) is 11.6. The Labute approximate surface area is 139 Å². The number of amides is 1. The fourth-order valence-corrected chi connectivity index (χ4v) is 2.63. The molecule has 0 atom stereocenters. The quantitative estimate of drug-likeness (QED) is 0.735. The number of carbonyl (C=O) groups is 2. The molecule has 122 valence electrons. The van der Waals surface area contributed by atoms with Gasteiger partial charge >= 0.3 is 5.97 Å². The molecule has 22 heavy (non-hydrogen) atoms. The second-order valence-electron chi connectivity index (χ2n) is 5.79. The Bertz CT molecular complexity index is 543. The van der Waals surface area contributed by atoms with Crippen molar-refractivity contribution >= 4 is 27.8 Å². The Kier molecular flexibility index (Phi) is 6.87. The summed E-state index contributed by atoms with van der Waals surface area (Å²) in [6.07, 6.45) is 1.42. The van der Waals surface area contributed by atoms with Gasteiger partial charge in [0.05, 0.1) is 11.6 Å². The number of hydrogen-bond acceptors (Lipinski definition) is 3. The van der Waals surface area contributed by atoms with E-state index in [4.69, 9.17) is 9.84 Å². The number of carboxylic acid groups (broad SMARTS) is 1. The molecule has 0 spiro atoms. The number of rotatable bonds is 8. The van der Waals surface area contributed by atoms with E-state index in [-0.39, 0.29) is 12.3 Å². The first-order valence-corrected chi connectivity index (χ1v) is 7.88. The summed E-state index contributed by atoms with van der Waals surface area (Å²) in [7, 11) is 1.60. The predicted molar refractivity (Wildman–Crippen MR) is 88.1 cm³/mol. The smallest absolute Gasteiger partial charge is 0.303 e. The molecular formula is C16H22BrNO4. The molecule has 1 amide bonds. The highest BCUT2D eigenvalue weighted by molar-refractivity contribution is 9.10. The zero-order chi connectivity index (χ0) is 16.8. The van der Waals surface area contributed by atoms with E-state index in [0.717, 1.165) is 15.8 Å². The van der Waals surface area contributed by atoms with Crippen molar-refractivity contribution in [2.24, 2.45) is 0 Å². The summed E-state index contributed by atoms with van der Waals surface area (Å²) in [4.78, 5) is 22.6. The van der Waals surface area contributed by atoms with Crippen LogP contribution in [0.25, 0.3) is 0 Å². The van der Waals surface area contributed by atoms with Crippen molar-refractivity contribution in [2.75, 3.05) is 7.11 Å². The van der Waals surface area contributed by atoms with Gasteiger partial charge in [-0.3, -0.25) is 9.59 Å². The van der Waals surface area contributed by atoms with Crippen LogP contribution >= 0.6 is 15.9 Å². The molecule has 0 radical (unpaired) electrons. The Morgan fingerprint density at radius 3 is 2.55 bits per heavy atom. The Hall–Kier alpha value is -1.56. The van der Waals surface area contributed by atoms with Crippen molar-refractivity contribution in [3.63, 3.8) is 0 Å². The number of aliphatic carboxylic acids is 1. The van der Waals surface area contributed by atoms with E-state index in [1.165, 1.54) is 0 Å². The van der Waals surface area contributed by atoms with Gasteiger partial charge < -0.3 is 15.2 Å². The van der Waals surface area contributed by atoms with E-state index in [1.807, 2.05) is 32.0 Å². The highest BCUT2D eigenvalue weighted by Crippen LogP contribution is 2.26. The van der Waals surface area contributed by atoms with Crippen LogP contribution in [0.1, 0.15) is 38.7 Å². The van der Waals surface area contributed by atoms with Gasteiger partial charge in [-0.25, -0.2) is 0 Å². The summed E-state index contributed by atoms with van der Waals surface area (Å²) in [6.45, 7) is 3.66. The Morgan fingerprint density at radius 2 is 2.00 bits per heavy atom. The van der Waals surface area contributed by atoms with Crippen LogP contribution in [-0.4, -0.2) is 29.6 Å². The van der Waals surface area contributed by atoms with E-state index in [1.54, 1.807) is 7.11 Å². The predicted octanol–water partition coefficient (Wildman–Crippen LogP) is 3.15. The highest BCUT2D eigenvalue weighted by atomic mass is 79.9. The van der Waals surface area contributed by atoms with Crippen molar-refractivity contribution in [3.8, 4) is 5.75 Å². The van der Waals surface area contributed by atoms with Crippen molar-refractivity contribution in [2.45, 2.75) is 45.1 Å². The van der Waals surface area contributed by atoms with Crippen molar-refractivity contribution in [1.82, 2.24) is 5.32 Å². The van der Waals surface area contributed by atoms with Gasteiger partial charge in [-0.2, -0.15) is 0 Å². The van der Waals surface area contributed by atoms with Gasteiger partial charge in [0.25, 0.3) is 0 Å². The fourth-order valence-electron chi connectivity index (χ4n) is 2.05. The highest BCUT2D eigenvalue weighted by Gasteiger charge is 2.21. The van der Waals surface area contributed by atoms with Crippen LogP contribution in [-0.2, 0) is 16.0 Å². The van der Waals surface area contributed by atoms with Crippen LogP contribution in [0.3, 0.4) is 0 Å². The topological polar surface area (TPSA) is 75.6 Å². The third-order valence-corrected chi connectivity index (χ3v) is 3.92. The second kappa shape index (κ2) is 8.17. The van der Waals surface area contributed by atoms with Crippen LogP contribution in [0.15, 0.2) is 22.7 Å². The molecule has 0 unspecified atom stereocenters. The molecule has 6 heteroatoms. The van der Waals surface area contributed by atoms with Gasteiger partial charge in [-0.1, -0.05) is 6.07 Å². The average Bonchev–Trinajstić information content (AvgIpc) is 2.43. The standard InChI is InChI=1S/C16H22BrNO4/c1-16(2,9-8-15(20)21)18-14(19)7-5-11-4-6-13(22-3)12(17)10-11/h4,6,10H,5,7-9H2,1-3H3,(H,18,19)(H,20,21). The lowest BCUT2D eigenvalue weighted by Gasteiger charge is -2.25. The van der Waals surface area contributed by atoms with Gasteiger partial charge in [0, 0.05) is 18.4 Å². The molecule has 1 aromatic carbocycles. The minimum atomic E-state index is -0.856. The minimum absolute atomic E-state index is 0.0404. The molecule has 0 aliphatic rings. The summed E-state index contributed by atoms with van der Waals surface area (Å²) >= 11 is 3.42. The Balaban J connectivity index is 2.48. The number of halogens is 1. The maximum absolute atomic E-state index is 12.0.